The third kappa shape index (κ3) is 2.80. The second kappa shape index (κ2) is 6.62. The lowest BCUT2D eigenvalue weighted by atomic mass is 9.81. The molecule has 0 atom stereocenters. The highest BCUT2D eigenvalue weighted by Crippen LogP contribution is 2.48. The second-order valence-corrected chi connectivity index (χ2v) is 8.30. The SMILES string of the molecule is CCSc1ccc2c(c1)N(c1ncc(-c3ccccn3)cn1)CC21COC1. The molecule has 136 valence electrons. The van der Waals surface area contributed by atoms with Crippen LogP contribution in [0, 0.1) is 0 Å². The van der Waals surface area contributed by atoms with E-state index in [2.05, 4.69) is 45.0 Å². The Balaban J connectivity index is 1.51. The number of hydrogen-bond donors (Lipinski definition) is 0. The summed E-state index contributed by atoms with van der Waals surface area (Å²) in [4.78, 5) is 17.2. The maximum Gasteiger partial charge on any atom is 0.229 e. The summed E-state index contributed by atoms with van der Waals surface area (Å²) < 4.78 is 5.57. The van der Waals surface area contributed by atoms with E-state index in [1.165, 1.54) is 16.1 Å². The molecule has 1 aromatic carbocycles. The molecule has 2 aromatic heterocycles. The lowest BCUT2D eigenvalue weighted by Crippen LogP contribution is -2.49. The summed E-state index contributed by atoms with van der Waals surface area (Å²) >= 11 is 1.86. The first kappa shape index (κ1) is 16.7. The predicted molar refractivity (Wildman–Crippen MR) is 108 cm³/mol. The van der Waals surface area contributed by atoms with Gasteiger partial charge in [0, 0.05) is 41.3 Å². The zero-order valence-corrected chi connectivity index (χ0v) is 15.9. The smallest absolute Gasteiger partial charge is 0.229 e. The summed E-state index contributed by atoms with van der Waals surface area (Å²) in [5.74, 6) is 1.79. The Kier molecular flexibility index (Phi) is 4.10. The van der Waals surface area contributed by atoms with Gasteiger partial charge >= 0.3 is 0 Å². The number of nitrogens with zero attached hydrogens (tertiary/aromatic N) is 4. The molecule has 4 heterocycles. The van der Waals surface area contributed by atoms with Crippen LogP contribution < -0.4 is 4.90 Å². The quantitative estimate of drug-likeness (QED) is 0.640. The molecule has 27 heavy (non-hydrogen) atoms. The molecule has 1 spiro atoms. The Hall–Kier alpha value is -2.44. The minimum atomic E-state index is 0.0771. The third-order valence-electron chi connectivity index (χ3n) is 5.20. The Morgan fingerprint density at radius 3 is 2.63 bits per heavy atom. The zero-order valence-electron chi connectivity index (χ0n) is 15.1. The van der Waals surface area contributed by atoms with Gasteiger partial charge in [0.2, 0.25) is 5.95 Å². The van der Waals surface area contributed by atoms with E-state index in [1.807, 2.05) is 42.4 Å². The van der Waals surface area contributed by atoms with Crippen LogP contribution in [0.3, 0.4) is 0 Å². The van der Waals surface area contributed by atoms with Gasteiger partial charge in [0.15, 0.2) is 0 Å². The first-order chi connectivity index (χ1) is 13.3. The van der Waals surface area contributed by atoms with Gasteiger partial charge in [0.05, 0.1) is 24.3 Å². The molecule has 0 N–H and O–H groups in total. The number of thioether (sulfide) groups is 1. The molecule has 2 aliphatic heterocycles. The average Bonchev–Trinajstić information content (AvgIpc) is 3.04. The monoisotopic (exact) mass is 376 g/mol. The van der Waals surface area contributed by atoms with Crippen molar-refractivity contribution in [2.75, 3.05) is 30.4 Å². The maximum atomic E-state index is 5.57. The van der Waals surface area contributed by atoms with E-state index in [0.717, 1.165) is 42.7 Å². The molecular formula is C21H20N4OS. The highest BCUT2D eigenvalue weighted by Gasteiger charge is 2.49. The van der Waals surface area contributed by atoms with E-state index >= 15 is 0 Å². The summed E-state index contributed by atoms with van der Waals surface area (Å²) in [6.07, 6.45) is 5.50. The number of pyridine rings is 1. The van der Waals surface area contributed by atoms with Crippen molar-refractivity contribution in [3.8, 4) is 11.3 Å². The van der Waals surface area contributed by atoms with Crippen LogP contribution in [0.4, 0.5) is 11.6 Å². The second-order valence-electron chi connectivity index (χ2n) is 6.96. The van der Waals surface area contributed by atoms with Crippen LogP contribution >= 0.6 is 11.8 Å². The van der Waals surface area contributed by atoms with Crippen molar-refractivity contribution in [2.24, 2.45) is 0 Å². The van der Waals surface area contributed by atoms with Gasteiger partial charge in [-0.15, -0.1) is 11.8 Å². The van der Waals surface area contributed by atoms with Crippen LogP contribution in [0.2, 0.25) is 0 Å². The molecule has 6 heteroatoms. The van der Waals surface area contributed by atoms with Crippen LogP contribution in [-0.2, 0) is 10.2 Å². The summed E-state index contributed by atoms with van der Waals surface area (Å²) in [5, 5.41) is 0. The fourth-order valence-corrected chi connectivity index (χ4v) is 4.51. The minimum Gasteiger partial charge on any atom is -0.379 e. The molecule has 3 aromatic rings. The number of anilines is 2. The van der Waals surface area contributed by atoms with Crippen molar-refractivity contribution in [2.45, 2.75) is 17.2 Å². The van der Waals surface area contributed by atoms with Crippen molar-refractivity contribution in [3.05, 3.63) is 60.6 Å². The minimum absolute atomic E-state index is 0.0771. The Bertz CT molecular complexity index is 958. The summed E-state index contributed by atoms with van der Waals surface area (Å²) in [7, 11) is 0. The summed E-state index contributed by atoms with van der Waals surface area (Å²) in [6.45, 7) is 4.58. The van der Waals surface area contributed by atoms with Gasteiger partial charge in [-0.25, -0.2) is 9.97 Å². The fraction of sp³-hybridized carbons (Fsp3) is 0.286. The number of hydrogen-bond acceptors (Lipinski definition) is 6. The highest BCUT2D eigenvalue weighted by molar-refractivity contribution is 7.99. The van der Waals surface area contributed by atoms with E-state index < -0.39 is 0 Å². The average molecular weight is 376 g/mol. The predicted octanol–water partition coefficient (Wildman–Crippen LogP) is 4.07. The van der Waals surface area contributed by atoms with Crippen LogP contribution in [-0.4, -0.2) is 40.5 Å². The molecule has 0 aliphatic carbocycles. The van der Waals surface area contributed by atoms with Gasteiger partial charge in [-0.2, -0.15) is 0 Å². The molecule has 2 aliphatic rings. The first-order valence-corrected chi connectivity index (χ1v) is 10.1. The molecule has 0 bridgehead atoms. The normalized spacial score (nSPS) is 17.0. The Labute approximate surface area is 162 Å². The number of fused-ring (bicyclic) bond motifs is 2. The van der Waals surface area contributed by atoms with Crippen molar-refractivity contribution in [3.63, 3.8) is 0 Å². The van der Waals surface area contributed by atoms with E-state index in [-0.39, 0.29) is 5.41 Å². The lowest BCUT2D eigenvalue weighted by Gasteiger charge is -2.38. The number of rotatable bonds is 4. The first-order valence-electron chi connectivity index (χ1n) is 9.15. The van der Waals surface area contributed by atoms with Crippen molar-refractivity contribution >= 4 is 23.4 Å². The van der Waals surface area contributed by atoms with Gasteiger partial charge in [0.1, 0.15) is 0 Å². The lowest BCUT2D eigenvalue weighted by molar-refractivity contribution is -0.0507. The van der Waals surface area contributed by atoms with Gasteiger partial charge in [-0.1, -0.05) is 19.1 Å². The van der Waals surface area contributed by atoms with Crippen molar-refractivity contribution in [1.29, 1.82) is 0 Å². The standard InChI is InChI=1S/C21H20N4OS/c1-2-27-16-6-7-17-19(9-16)25(12-21(17)13-26-14-21)20-23-10-15(11-24-20)18-5-3-4-8-22-18/h3-11H,2,12-14H2,1H3. The van der Waals surface area contributed by atoms with E-state index in [1.54, 1.807) is 6.20 Å². The molecule has 0 unspecified atom stereocenters. The van der Waals surface area contributed by atoms with Crippen molar-refractivity contribution in [1.82, 2.24) is 15.0 Å². The molecule has 0 radical (unpaired) electrons. The van der Waals surface area contributed by atoms with E-state index in [9.17, 15) is 0 Å². The summed E-state index contributed by atoms with van der Waals surface area (Å²) in [5.41, 5.74) is 4.45. The van der Waals surface area contributed by atoms with Gasteiger partial charge in [0.25, 0.3) is 0 Å². The van der Waals surface area contributed by atoms with Gasteiger partial charge in [-0.05, 0) is 35.6 Å². The highest BCUT2D eigenvalue weighted by atomic mass is 32.2. The number of aromatic nitrogens is 3. The molecule has 5 rings (SSSR count). The largest absolute Gasteiger partial charge is 0.379 e. The molecule has 0 saturated carbocycles. The van der Waals surface area contributed by atoms with Crippen LogP contribution in [0.15, 0.2) is 59.9 Å². The molecule has 1 saturated heterocycles. The molecule has 1 fully saturated rings. The van der Waals surface area contributed by atoms with E-state index in [4.69, 9.17) is 4.74 Å². The van der Waals surface area contributed by atoms with Crippen LogP contribution in [0.5, 0.6) is 0 Å². The van der Waals surface area contributed by atoms with Gasteiger partial charge in [-0.3, -0.25) is 4.98 Å². The Morgan fingerprint density at radius 2 is 1.96 bits per heavy atom. The molecule has 5 nitrogen and oxygen atoms in total. The van der Waals surface area contributed by atoms with Crippen LogP contribution in [0.1, 0.15) is 12.5 Å². The topological polar surface area (TPSA) is 51.1 Å². The van der Waals surface area contributed by atoms with E-state index in [0.29, 0.717) is 0 Å². The molecule has 0 amide bonds. The van der Waals surface area contributed by atoms with Gasteiger partial charge < -0.3 is 9.64 Å². The third-order valence-corrected chi connectivity index (χ3v) is 6.08. The number of ether oxygens (including phenoxy) is 1. The maximum absolute atomic E-state index is 5.57. The Morgan fingerprint density at radius 1 is 1.11 bits per heavy atom. The van der Waals surface area contributed by atoms with Crippen LogP contribution in [0.25, 0.3) is 11.3 Å². The fourth-order valence-electron chi connectivity index (χ4n) is 3.81. The summed E-state index contributed by atoms with van der Waals surface area (Å²) in [6, 6.07) is 12.6. The molecular weight excluding hydrogens is 356 g/mol. The number of benzene rings is 1. The zero-order chi connectivity index (χ0) is 18.3. The van der Waals surface area contributed by atoms with Crippen molar-refractivity contribution < 1.29 is 4.74 Å².